The number of hydrogen-bond acceptors (Lipinski definition) is 1. The summed E-state index contributed by atoms with van der Waals surface area (Å²) < 4.78 is 0. The molecule has 0 saturated heterocycles. The molecule has 0 radical (unpaired) electrons. The molecule has 112 valence electrons. The highest BCUT2D eigenvalue weighted by Crippen LogP contribution is 2.34. The molecule has 20 heavy (non-hydrogen) atoms. The Balaban J connectivity index is 1.99. The normalized spacial score (nSPS) is 17.6. The summed E-state index contributed by atoms with van der Waals surface area (Å²) in [6.45, 7) is 4.46. The Hall–Kier alpha value is -0.240. The van der Waals surface area contributed by atoms with Crippen molar-refractivity contribution in [2.24, 2.45) is 11.8 Å². The quantitative estimate of drug-likeness (QED) is 0.670. The van der Waals surface area contributed by atoms with Gasteiger partial charge in [-0.05, 0) is 55.5 Å². The summed E-state index contributed by atoms with van der Waals surface area (Å²) in [4.78, 5) is 0. The van der Waals surface area contributed by atoms with Crippen molar-refractivity contribution in [1.82, 2.24) is 5.32 Å². The first-order valence-corrected chi connectivity index (χ1v) is 8.61. The van der Waals surface area contributed by atoms with Gasteiger partial charge in [0.2, 0.25) is 0 Å². The van der Waals surface area contributed by atoms with Gasteiger partial charge in [-0.2, -0.15) is 0 Å². The fourth-order valence-corrected chi connectivity index (χ4v) is 3.59. The predicted molar refractivity (Wildman–Crippen MR) is 88.8 cm³/mol. The van der Waals surface area contributed by atoms with E-state index in [0.29, 0.717) is 10.0 Å². The molecule has 1 fully saturated rings. The second kappa shape index (κ2) is 8.26. The van der Waals surface area contributed by atoms with Gasteiger partial charge in [0.25, 0.3) is 0 Å². The number of rotatable bonds is 7. The highest BCUT2D eigenvalue weighted by atomic mass is 35.5. The fraction of sp³-hybridized carbons (Fsp3) is 0.647. The molecule has 1 unspecified atom stereocenters. The molecule has 1 N–H and O–H groups in total. The summed E-state index contributed by atoms with van der Waals surface area (Å²) in [6.07, 6.45) is 7.88. The standard InChI is InChI=1S/C17H25Cl2N/c1-2-9-20-12-15(14-5-3-4-6-14)10-13-7-8-16(18)17(19)11-13/h7-8,11,14-15,20H,2-6,9-10,12H2,1H3. The maximum atomic E-state index is 6.14. The van der Waals surface area contributed by atoms with Crippen LogP contribution in [0.15, 0.2) is 18.2 Å². The van der Waals surface area contributed by atoms with Gasteiger partial charge in [-0.1, -0.05) is 61.9 Å². The van der Waals surface area contributed by atoms with Crippen LogP contribution in [-0.2, 0) is 6.42 Å². The molecular formula is C17H25Cl2N. The fourth-order valence-electron chi connectivity index (χ4n) is 3.27. The molecule has 0 heterocycles. The van der Waals surface area contributed by atoms with Gasteiger partial charge in [-0.25, -0.2) is 0 Å². The zero-order valence-electron chi connectivity index (χ0n) is 12.3. The van der Waals surface area contributed by atoms with Gasteiger partial charge in [-0.15, -0.1) is 0 Å². The van der Waals surface area contributed by atoms with Crippen molar-refractivity contribution < 1.29 is 0 Å². The van der Waals surface area contributed by atoms with Crippen LogP contribution in [0.5, 0.6) is 0 Å². The van der Waals surface area contributed by atoms with Crippen LogP contribution in [0.1, 0.15) is 44.6 Å². The van der Waals surface area contributed by atoms with Crippen LogP contribution in [0.3, 0.4) is 0 Å². The Morgan fingerprint density at radius 3 is 2.60 bits per heavy atom. The minimum absolute atomic E-state index is 0.650. The van der Waals surface area contributed by atoms with E-state index in [0.717, 1.165) is 31.3 Å². The summed E-state index contributed by atoms with van der Waals surface area (Å²) in [5.74, 6) is 1.59. The van der Waals surface area contributed by atoms with E-state index in [1.54, 1.807) is 0 Å². The summed E-state index contributed by atoms with van der Waals surface area (Å²) in [7, 11) is 0. The van der Waals surface area contributed by atoms with Crippen molar-refractivity contribution in [1.29, 1.82) is 0 Å². The molecule has 0 spiro atoms. The Morgan fingerprint density at radius 1 is 1.20 bits per heavy atom. The van der Waals surface area contributed by atoms with Gasteiger partial charge in [0, 0.05) is 0 Å². The second-order valence-corrected chi connectivity index (χ2v) is 6.78. The lowest BCUT2D eigenvalue weighted by molar-refractivity contribution is 0.321. The summed E-state index contributed by atoms with van der Waals surface area (Å²) in [5, 5.41) is 4.93. The topological polar surface area (TPSA) is 12.0 Å². The van der Waals surface area contributed by atoms with Crippen LogP contribution < -0.4 is 5.32 Å². The van der Waals surface area contributed by atoms with Crippen molar-refractivity contribution in [3.63, 3.8) is 0 Å². The molecule has 0 aromatic heterocycles. The van der Waals surface area contributed by atoms with Gasteiger partial charge in [0.15, 0.2) is 0 Å². The highest BCUT2D eigenvalue weighted by Gasteiger charge is 2.25. The van der Waals surface area contributed by atoms with E-state index >= 15 is 0 Å². The Morgan fingerprint density at radius 2 is 1.95 bits per heavy atom. The van der Waals surface area contributed by atoms with Crippen molar-refractivity contribution >= 4 is 23.2 Å². The molecule has 1 aromatic carbocycles. The van der Waals surface area contributed by atoms with Crippen molar-refractivity contribution in [2.45, 2.75) is 45.4 Å². The Labute approximate surface area is 133 Å². The Bertz CT molecular complexity index is 413. The van der Waals surface area contributed by atoms with Crippen LogP contribution in [0.4, 0.5) is 0 Å². The van der Waals surface area contributed by atoms with Crippen LogP contribution in [0.25, 0.3) is 0 Å². The lowest BCUT2D eigenvalue weighted by atomic mass is 9.85. The van der Waals surface area contributed by atoms with E-state index < -0.39 is 0 Å². The largest absolute Gasteiger partial charge is 0.316 e. The maximum absolute atomic E-state index is 6.14. The van der Waals surface area contributed by atoms with E-state index in [1.807, 2.05) is 12.1 Å². The first kappa shape index (κ1) is 16.1. The molecule has 1 saturated carbocycles. The molecule has 1 nitrogen and oxygen atoms in total. The molecule has 1 aliphatic carbocycles. The third kappa shape index (κ3) is 4.65. The third-order valence-electron chi connectivity index (χ3n) is 4.38. The first-order chi connectivity index (χ1) is 9.70. The average molecular weight is 314 g/mol. The predicted octanol–water partition coefficient (Wildman–Crippen LogP) is 5.34. The number of halogens is 2. The van der Waals surface area contributed by atoms with Crippen LogP contribution in [0.2, 0.25) is 10.0 Å². The molecule has 1 atom stereocenters. The minimum Gasteiger partial charge on any atom is -0.316 e. The van der Waals surface area contributed by atoms with Crippen molar-refractivity contribution in [3.8, 4) is 0 Å². The third-order valence-corrected chi connectivity index (χ3v) is 5.12. The summed E-state index contributed by atoms with van der Waals surface area (Å²) >= 11 is 12.1. The summed E-state index contributed by atoms with van der Waals surface area (Å²) in [5.41, 5.74) is 1.31. The monoisotopic (exact) mass is 313 g/mol. The Kier molecular flexibility index (Phi) is 6.67. The van der Waals surface area contributed by atoms with E-state index in [4.69, 9.17) is 23.2 Å². The lowest BCUT2D eigenvalue weighted by Gasteiger charge is -2.24. The number of nitrogens with one attached hydrogen (secondary N) is 1. The van der Waals surface area contributed by atoms with Crippen LogP contribution in [0, 0.1) is 11.8 Å². The lowest BCUT2D eigenvalue weighted by Crippen LogP contribution is -2.29. The summed E-state index contributed by atoms with van der Waals surface area (Å²) in [6, 6.07) is 6.08. The van der Waals surface area contributed by atoms with E-state index in [1.165, 1.54) is 37.7 Å². The minimum atomic E-state index is 0.650. The number of benzene rings is 1. The maximum Gasteiger partial charge on any atom is 0.0595 e. The van der Waals surface area contributed by atoms with Crippen molar-refractivity contribution in [2.75, 3.05) is 13.1 Å². The molecular weight excluding hydrogens is 289 g/mol. The van der Waals surface area contributed by atoms with Gasteiger partial charge < -0.3 is 5.32 Å². The van der Waals surface area contributed by atoms with Gasteiger partial charge in [-0.3, -0.25) is 0 Å². The van der Waals surface area contributed by atoms with Gasteiger partial charge in [0.1, 0.15) is 0 Å². The average Bonchev–Trinajstić information content (AvgIpc) is 2.96. The number of hydrogen-bond donors (Lipinski definition) is 1. The first-order valence-electron chi connectivity index (χ1n) is 7.85. The molecule has 2 rings (SSSR count). The van der Waals surface area contributed by atoms with E-state index in [2.05, 4.69) is 18.3 Å². The van der Waals surface area contributed by atoms with E-state index in [-0.39, 0.29) is 0 Å². The molecule has 0 amide bonds. The van der Waals surface area contributed by atoms with Gasteiger partial charge >= 0.3 is 0 Å². The SMILES string of the molecule is CCCNCC(Cc1ccc(Cl)c(Cl)c1)C1CCCC1. The van der Waals surface area contributed by atoms with Crippen molar-refractivity contribution in [3.05, 3.63) is 33.8 Å². The smallest absolute Gasteiger partial charge is 0.0595 e. The zero-order chi connectivity index (χ0) is 14.4. The second-order valence-electron chi connectivity index (χ2n) is 5.96. The van der Waals surface area contributed by atoms with Crippen LogP contribution in [-0.4, -0.2) is 13.1 Å². The van der Waals surface area contributed by atoms with Gasteiger partial charge in [0.05, 0.1) is 10.0 Å². The van der Waals surface area contributed by atoms with E-state index in [9.17, 15) is 0 Å². The molecule has 1 aliphatic rings. The molecule has 0 aliphatic heterocycles. The molecule has 0 bridgehead atoms. The van der Waals surface area contributed by atoms with Crippen LogP contribution >= 0.6 is 23.2 Å². The highest BCUT2D eigenvalue weighted by molar-refractivity contribution is 6.42. The zero-order valence-corrected chi connectivity index (χ0v) is 13.8. The molecule has 3 heteroatoms. The molecule has 1 aromatic rings.